The summed E-state index contributed by atoms with van der Waals surface area (Å²) in [5, 5.41) is 31.0. The van der Waals surface area contributed by atoms with Crippen LogP contribution >= 0.6 is 0 Å². The molecule has 0 heterocycles. The summed E-state index contributed by atoms with van der Waals surface area (Å²) < 4.78 is 0. The molecule has 0 radical (unpaired) electrons. The van der Waals surface area contributed by atoms with Crippen LogP contribution in [0.25, 0.3) is 0 Å². The minimum absolute atomic E-state index is 0.00895. The average Bonchev–Trinajstić information content (AvgIpc) is 2.86. The molecule has 0 amide bonds. The Labute approximate surface area is 153 Å². The normalized spacial score (nSPS) is 48.5. The van der Waals surface area contributed by atoms with Gasteiger partial charge >= 0.3 is 0 Å². The van der Waals surface area contributed by atoms with Crippen molar-refractivity contribution in [2.45, 2.75) is 57.7 Å². The molecule has 0 aromatic rings. The van der Waals surface area contributed by atoms with Gasteiger partial charge in [0.2, 0.25) is 0 Å². The molecule has 0 aliphatic heterocycles. The van der Waals surface area contributed by atoms with E-state index >= 15 is 0 Å². The molecule has 4 aliphatic carbocycles. The van der Waals surface area contributed by atoms with Gasteiger partial charge in [0.15, 0.2) is 5.78 Å². The Hall–Kier alpha value is -1.30. The Bertz CT molecular complexity index is 724. The monoisotopic (exact) mass is 360 g/mol. The first-order chi connectivity index (χ1) is 12.2. The fourth-order valence-electron chi connectivity index (χ4n) is 6.76. The summed E-state index contributed by atoms with van der Waals surface area (Å²) in [6.45, 7) is 3.46. The molecule has 5 nitrogen and oxygen atoms in total. The molecule has 0 unspecified atom stereocenters. The number of fused-ring (bicyclic) bond motifs is 5. The van der Waals surface area contributed by atoms with Crippen molar-refractivity contribution in [3.05, 3.63) is 23.8 Å². The van der Waals surface area contributed by atoms with Crippen molar-refractivity contribution >= 4 is 11.6 Å². The molecule has 0 aromatic heterocycles. The largest absolute Gasteiger partial charge is 0.394 e. The molecule has 3 saturated carbocycles. The van der Waals surface area contributed by atoms with Gasteiger partial charge in [-0.05, 0) is 49.7 Å². The predicted molar refractivity (Wildman–Crippen MR) is 95.0 cm³/mol. The number of allylic oxidation sites excluding steroid dienone is 4. The second kappa shape index (κ2) is 5.60. The van der Waals surface area contributed by atoms with Crippen LogP contribution in [0.2, 0.25) is 0 Å². The van der Waals surface area contributed by atoms with Gasteiger partial charge in [-0.15, -0.1) is 0 Å². The van der Waals surface area contributed by atoms with Gasteiger partial charge in [0.25, 0.3) is 0 Å². The smallest absolute Gasteiger partial charge is 0.178 e. The summed E-state index contributed by atoms with van der Waals surface area (Å²) in [6, 6.07) is 0. The second-order valence-corrected chi connectivity index (χ2v) is 9.20. The summed E-state index contributed by atoms with van der Waals surface area (Å²) in [5.74, 6) is 0.164. The SMILES string of the molecule is C[C@]12C=CC(=O)C=C1CC[C@H]1[C@H]2C(=O)C[C@@]2(C)[C@H]1CC[C@]2(O)[C@H](O)CO. The van der Waals surface area contributed by atoms with Crippen LogP contribution in [0.15, 0.2) is 23.8 Å². The number of carbonyl (C=O) groups is 2. The lowest BCUT2D eigenvalue weighted by Crippen LogP contribution is -2.61. The lowest BCUT2D eigenvalue weighted by atomic mass is 9.46. The Morgan fingerprint density at radius 2 is 2.00 bits per heavy atom. The van der Waals surface area contributed by atoms with Crippen LogP contribution in [0.4, 0.5) is 0 Å². The maximum absolute atomic E-state index is 13.3. The van der Waals surface area contributed by atoms with E-state index in [1.54, 1.807) is 12.2 Å². The molecule has 3 fully saturated rings. The highest BCUT2D eigenvalue weighted by Crippen LogP contribution is 2.66. The zero-order valence-corrected chi connectivity index (χ0v) is 15.4. The number of hydrogen-bond donors (Lipinski definition) is 3. The van der Waals surface area contributed by atoms with Crippen molar-refractivity contribution in [2.24, 2.45) is 28.6 Å². The van der Waals surface area contributed by atoms with Crippen LogP contribution in [0.5, 0.6) is 0 Å². The van der Waals surface area contributed by atoms with Crippen molar-refractivity contribution in [3.63, 3.8) is 0 Å². The zero-order chi connectivity index (χ0) is 18.9. The molecular weight excluding hydrogens is 332 g/mol. The van der Waals surface area contributed by atoms with Crippen LogP contribution in [-0.2, 0) is 9.59 Å². The third-order valence-electron chi connectivity index (χ3n) is 8.20. The van der Waals surface area contributed by atoms with E-state index in [-0.39, 0.29) is 35.7 Å². The van der Waals surface area contributed by atoms with Crippen molar-refractivity contribution in [2.75, 3.05) is 6.61 Å². The summed E-state index contributed by atoms with van der Waals surface area (Å²) >= 11 is 0. The first-order valence-electron chi connectivity index (χ1n) is 9.65. The van der Waals surface area contributed by atoms with E-state index in [4.69, 9.17) is 0 Å². The van der Waals surface area contributed by atoms with Crippen LogP contribution in [-0.4, -0.2) is 45.2 Å². The molecule has 7 atom stereocenters. The molecule has 4 rings (SSSR count). The third kappa shape index (κ3) is 2.08. The lowest BCUT2D eigenvalue weighted by Gasteiger charge is -2.57. The summed E-state index contributed by atoms with van der Waals surface area (Å²) in [6.07, 6.45) is 6.91. The quantitative estimate of drug-likeness (QED) is 0.695. The zero-order valence-electron chi connectivity index (χ0n) is 15.4. The standard InChI is InChI=1S/C21H28O5/c1-19-7-5-13(23)9-12(19)3-4-14-15-6-8-21(26,17(25)11-22)20(15,2)10-16(24)18(14)19/h5,7,9,14-15,17-18,22,25-26H,3-4,6,8,10-11H2,1-2H3/t14-,15+,17-,18+,19+,20+,21+/m1/s1. The molecular formula is C21H28O5. The number of aliphatic hydroxyl groups excluding tert-OH is 2. The van der Waals surface area contributed by atoms with Gasteiger partial charge in [-0.3, -0.25) is 9.59 Å². The molecule has 0 bridgehead atoms. The van der Waals surface area contributed by atoms with E-state index in [1.165, 1.54) is 0 Å². The van der Waals surface area contributed by atoms with Crippen molar-refractivity contribution in [1.29, 1.82) is 0 Å². The number of rotatable bonds is 2. The van der Waals surface area contributed by atoms with Gasteiger partial charge in [-0.2, -0.15) is 0 Å². The number of aliphatic hydroxyl groups is 3. The topological polar surface area (TPSA) is 94.8 Å². The van der Waals surface area contributed by atoms with Gasteiger partial charge in [0, 0.05) is 23.2 Å². The molecule has 5 heteroatoms. The van der Waals surface area contributed by atoms with Crippen LogP contribution in [0.1, 0.15) is 46.0 Å². The number of carbonyl (C=O) groups excluding carboxylic acids is 2. The van der Waals surface area contributed by atoms with Gasteiger partial charge in [0.05, 0.1) is 12.2 Å². The van der Waals surface area contributed by atoms with Gasteiger partial charge < -0.3 is 15.3 Å². The number of hydrogen-bond acceptors (Lipinski definition) is 5. The Morgan fingerprint density at radius 3 is 2.69 bits per heavy atom. The molecule has 0 saturated heterocycles. The van der Waals surface area contributed by atoms with Gasteiger partial charge in [-0.25, -0.2) is 0 Å². The highest BCUT2D eigenvalue weighted by atomic mass is 16.4. The Morgan fingerprint density at radius 1 is 1.27 bits per heavy atom. The minimum Gasteiger partial charge on any atom is -0.394 e. The number of Topliss-reactive ketones (excluding diaryl/α,β-unsaturated/α-hetero) is 1. The van der Waals surface area contributed by atoms with Gasteiger partial charge in [-0.1, -0.05) is 25.5 Å². The minimum atomic E-state index is -1.43. The second-order valence-electron chi connectivity index (χ2n) is 9.20. The van der Waals surface area contributed by atoms with E-state index in [0.29, 0.717) is 6.42 Å². The first-order valence-corrected chi connectivity index (χ1v) is 9.65. The van der Waals surface area contributed by atoms with E-state index < -0.39 is 29.1 Å². The lowest BCUT2D eigenvalue weighted by molar-refractivity contribution is -0.186. The van der Waals surface area contributed by atoms with Crippen LogP contribution < -0.4 is 0 Å². The fourth-order valence-corrected chi connectivity index (χ4v) is 6.76. The van der Waals surface area contributed by atoms with Crippen molar-refractivity contribution in [3.8, 4) is 0 Å². The predicted octanol–water partition coefficient (Wildman–Crippen LogP) is 1.56. The summed E-state index contributed by atoms with van der Waals surface area (Å²) in [7, 11) is 0. The van der Waals surface area contributed by atoms with Crippen LogP contribution in [0.3, 0.4) is 0 Å². The first kappa shape index (κ1) is 18.1. The fraction of sp³-hybridized carbons (Fsp3) is 0.714. The average molecular weight is 360 g/mol. The van der Waals surface area contributed by atoms with E-state index in [1.807, 2.05) is 13.0 Å². The van der Waals surface area contributed by atoms with Crippen molar-refractivity contribution < 1.29 is 24.9 Å². The summed E-state index contributed by atoms with van der Waals surface area (Å²) in [5.41, 5.74) is -1.53. The van der Waals surface area contributed by atoms with Crippen molar-refractivity contribution in [1.82, 2.24) is 0 Å². The molecule has 26 heavy (non-hydrogen) atoms. The molecule has 0 aromatic carbocycles. The third-order valence-corrected chi connectivity index (χ3v) is 8.20. The highest BCUT2D eigenvalue weighted by Gasteiger charge is 2.67. The molecule has 3 N–H and O–H groups in total. The summed E-state index contributed by atoms with van der Waals surface area (Å²) in [4.78, 5) is 25.1. The van der Waals surface area contributed by atoms with E-state index in [0.717, 1.165) is 24.8 Å². The Balaban J connectivity index is 1.75. The van der Waals surface area contributed by atoms with Crippen LogP contribution in [0, 0.1) is 28.6 Å². The maximum Gasteiger partial charge on any atom is 0.178 e. The maximum atomic E-state index is 13.3. The molecule has 142 valence electrons. The van der Waals surface area contributed by atoms with Gasteiger partial charge in [0.1, 0.15) is 11.9 Å². The number of ketones is 2. The Kier molecular flexibility index (Phi) is 3.89. The highest BCUT2D eigenvalue weighted by molar-refractivity contribution is 6.01. The molecule has 4 aliphatic rings. The molecule has 0 spiro atoms. The van der Waals surface area contributed by atoms with E-state index in [9.17, 15) is 24.9 Å². The van der Waals surface area contributed by atoms with E-state index in [2.05, 4.69) is 6.92 Å².